The fourth-order valence-electron chi connectivity index (χ4n) is 1.88. The zero-order valence-electron chi connectivity index (χ0n) is 14.1. The maximum Gasteiger partial charge on any atom is 0.417 e. The molecule has 1 amide bonds. The molecule has 0 bridgehead atoms. The van der Waals surface area contributed by atoms with Gasteiger partial charge in [0.15, 0.2) is 5.78 Å². The van der Waals surface area contributed by atoms with Gasteiger partial charge in [0, 0.05) is 23.4 Å². The SMILES string of the molecule is CC(C)C(=O)Nc1ccc(C(=O)CSc2ccc(C(F)(F)F)cn2)cc1. The van der Waals surface area contributed by atoms with Crippen molar-refractivity contribution in [3.63, 3.8) is 0 Å². The van der Waals surface area contributed by atoms with E-state index < -0.39 is 11.7 Å². The zero-order chi connectivity index (χ0) is 19.3. The average molecular weight is 382 g/mol. The molecule has 138 valence electrons. The van der Waals surface area contributed by atoms with Gasteiger partial charge in [0.05, 0.1) is 16.3 Å². The van der Waals surface area contributed by atoms with Crippen LogP contribution in [0.15, 0.2) is 47.6 Å². The van der Waals surface area contributed by atoms with Crippen LogP contribution >= 0.6 is 11.8 Å². The van der Waals surface area contributed by atoms with Crippen molar-refractivity contribution in [3.05, 3.63) is 53.7 Å². The summed E-state index contributed by atoms with van der Waals surface area (Å²) in [6.45, 7) is 3.56. The Morgan fingerprint density at radius 3 is 2.27 bits per heavy atom. The highest BCUT2D eigenvalue weighted by atomic mass is 32.2. The highest BCUT2D eigenvalue weighted by Crippen LogP contribution is 2.29. The number of thioether (sulfide) groups is 1. The molecule has 4 nitrogen and oxygen atoms in total. The number of ketones is 1. The minimum absolute atomic E-state index is 0.0517. The molecule has 0 atom stereocenters. The van der Waals surface area contributed by atoms with E-state index in [2.05, 4.69) is 10.3 Å². The summed E-state index contributed by atoms with van der Waals surface area (Å²) in [5, 5.41) is 3.07. The van der Waals surface area contributed by atoms with Crippen LogP contribution in [-0.4, -0.2) is 22.4 Å². The highest BCUT2D eigenvalue weighted by Gasteiger charge is 2.30. The fourth-order valence-corrected chi connectivity index (χ4v) is 2.62. The van der Waals surface area contributed by atoms with Crippen LogP contribution in [0.3, 0.4) is 0 Å². The lowest BCUT2D eigenvalue weighted by atomic mass is 10.1. The first-order valence-electron chi connectivity index (χ1n) is 7.77. The molecule has 2 rings (SSSR count). The number of hydrogen-bond donors (Lipinski definition) is 1. The summed E-state index contributed by atoms with van der Waals surface area (Å²) in [5.74, 6) is -0.397. The van der Waals surface area contributed by atoms with Gasteiger partial charge in [0.2, 0.25) is 5.91 Å². The van der Waals surface area contributed by atoms with Crippen molar-refractivity contribution in [1.82, 2.24) is 4.98 Å². The highest BCUT2D eigenvalue weighted by molar-refractivity contribution is 7.99. The number of amides is 1. The minimum Gasteiger partial charge on any atom is -0.326 e. The lowest BCUT2D eigenvalue weighted by Gasteiger charge is -2.08. The van der Waals surface area contributed by atoms with Crippen LogP contribution < -0.4 is 5.32 Å². The van der Waals surface area contributed by atoms with Crippen molar-refractivity contribution in [1.29, 1.82) is 0 Å². The van der Waals surface area contributed by atoms with E-state index in [1.807, 2.05) is 0 Å². The number of carbonyl (C=O) groups is 2. The Morgan fingerprint density at radius 1 is 1.12 bits per heavy atom. The molecule has 0 saturated carbocycles. The van der Waals surface area contributed by atoms with Crippen molar-refractivity contribution in [2.75, 3.05) is 11.1 Å². The van der Waals surface area contributed by atoms with Crippen molar-refractivity contribution < 1.29 is 22.8 Å². The monoisotopic (exact) mass is 382 g/mol. The molecule has 1 heterocycles. The molecule has 0 aliphatic rings. The maximum atomic E-state index is 12.5. The molecule has 0 saturated heterocycles. The molecule has 0 spiro atoms. The molecule has 2 aromatic rings. The number of alkyl halides is 3. The summed E-state index contributed by atoms with van der Waals surface area (Å²) < 4.78 is 37.5. The number of benzene rings is 1. The van der Waals surface area contributed by atoms with Crippen molar-refractivity contribution in [2.24, 2.45) is 5.92 Å². The summed E-state index contributed by atoms with van der Waals surface area (Å²) in [7, 11) is 0. The van der Waals surface area contributed by atoms with Crippen LogP contribution in [-0.2, 0) is 11.0 Å². The topological polar surface area (TPSA) is 59.1 Å². The van der Waals surface area contributed by atoms with E-state index in [9.17, 15) is 22.8 Å². The van der Waals surface area contributed by atoms with Gasteiger partial charge in [-0.3, -0.25) is 9.59 Å². The van der Waals surface area contributed by atoms with E-state index in [1.54, 1.807) is 38.1 Å². The Hall–Kier alpha value is -2.35. The zero-order valence-corrected chi connectivity index (χ0v) is 14.9. The molecule has 8 heteroatoms. The number of Topliss-reactive ketones (excluding diaryl/α,β-unsaturated/α-hetero) is 1. The molecular formula is C18H17F3N2O2S. The first kappa shape index (κ1) is 20.0. The number of nitrogens with zero attached hydrogens (tertiary/aromatic N) is 1. The van der Waals surface area contributed by atoms with Gasteiger partial charge in [-0.05, 0) is 36.4 Å². The Labute approximate surface area is 153 Å². The molecule has 0 fully saturated rings. The molecule has 26 heavy (non-hydrogen) atoms. The molecule has 0 radical (unpaired) electrons. The fraction of sp³-hybridized carbons (Fsp3) is 0.278. The Morgan fingerprint density at radius 2 is 1.77 bits per heavy atom. The van der Waals surface area contributed by atoms with E-state index in [0.29, 0.717) is 16.3 Å². The van der Waals surface area contributed by atoms with Crippen LogP contribution in [0.1, 0.15) is 29.8 Å². The van der Waals surface area contributed by atoms with Crippen LogP contribution in [0.5, 0.6) is 0 Å². The summed E-state index contributed by atoms with van der Waals surface area (Å²) in [6.07, 6.45) is -3.68. The van der Waals surface area contributed by atoms with E-state index in [1.165, 1.54) is 6.07 Å². The van der Waals surface area contributed by atoms with E-state index in [4.69, 9.17) is 0 Å². The van der Waals surface area contributed by atoms with E-state index in [-0.39, 0.29) is 23.4 Å². The maximum absolute atomic E-state index is 12.5. The lowest BCUT2D eigenvalue weighted by Crippen LogP contribution is -2.17. The second-order valence-electron chi connectivity index (χ2n) is 5.82. The number of nitrogens with one attached hydrogen (secondary N) is 1. The minimum atomic E-state index is -4.43. The average Bonchev–Trinajstić information content (AvgIpc) is 2.59. The summed E-state index contributed by atoms with van der Waals surface area (Å²) in [4.78, 5) is 27.5. The molecule has 0 aliphatic heterocycles. The number of hydrogen-bond acceptors (Lipinski definition) is 4. The second-order valence-corrected chi connectivity index (χ2v) is 6.81. The van der Waals surface area contributed by atoms with Crippen LogP contribution in [0.4, 0.5) is 18.9 Å². The number of pyridine rings is 1. The van der Waals surface area contributed by atoms with Crippen molar-refractivity contribution in [3.8, 4) is 0 Å². The summed E-state index contributed by atoms with van der Waals surface area (Å²) in [6, 6.07) is 8.64. The third-order valence-corrected chi connectivity index (χ3v) is 4.36. The summed E-state index contributed by atoms with van der Waals surface area (Å²) >= 11 is 1.06. The molecule has 0 aliphatic carbocycles. The first-order chi connectivity index (χ1) is 12.2. The molecule has 1 aromatic carbocycles. The third-order valence-electron chi connectivity index (χ3n) is 3.41. The van der Waals surface area contributed by atoms with Gasteiger partial charge < -0.3 is 5.32 Å². The molecular weight excluding hydrogens is 365 g/mol. The number of rotatable bonds is 6. The summed E-state index contributed by atoms with van der Waals surface area (Å²) in [5.41, 5.74) is 0.219. The van der Waals surface area contributed by atoms with Gasteiger partial charge in [0.1, 0.15) is 0 Å². The van der Waals surface area contributed by atoms with E-state index in [0.717, 1.165) is 24.0 Å². The Balaban J connectivity index is 1.92. The van der Waals surface area contributed by atoms with E-state index >= 15 is 0 Å². The van der Waals surface area contributed by atoms with Gasteiger partial charge in [-0.2, -0.15) is 13.2 Å². The van der Waals surface area contributed by atoms with Crippen LogP contribution in [0.25, 0.3) is 0 Å². The molecule has 1 aromatic heterocycles. The molecule has 0 unspecified atom stereocenters. The second kappa shape index (κ2) is 8.35. The largest absolute Gasteiger partial charge is 0.417 e. The van der Waals surface area contributed by atoms with Crippen molar-refractivity contribution in [2.45, 2.75) is 25.0 Å². The number of aromatic nitrogens is 1. The van der Waals surface area contributed by atoms with Crippen LogP contribution in [0, 0.1) is 5.92 Å². The number of carbonyl (C=O) groups excluding carboxylic acids is 2. The van der Waals surface area contributed by atoms with Crippen molar-refractivity contribution >= 4 is 29.1 Å². The van der Waals surface area contributed by atoms with Gasteiger partial charge in [0.25, 0.3) is 0 Å². The predicted molar refractivity (Wildman–Crippen MR) is 94.2 cm³/mol. The Kier molecular flexibility index (Phi) is 6.42. The normalized spacial score (nSPS) is 11.5. The van der Waals surface area contributed by atoms with Crippen LogP contribution in [0.2, 0.25) is 0 Å². The van der Waals surface area contributed by atoms with Gasteiger partial charge in [-0.15, -0.1) is 0 Å². The standard InChI is InChI=1S/C18H17F3N2O2S/c1-11(2)17(25)23-14-6-3-12(4-7-14)15(24)10-26-16-8-5-13(9-22-16)18(19,20)21/h3-9,11H,10H2,1-2H3,(H,23,25). The molecule has 1 N–H and O–H groups in total. The third kappa shape index (κ3) is 5.59. The van der Waals surface area contributed by atoms with Gasteiger partial charge in [-0.25, -0.2) is 4.98 Å². The lowest BCUT2D eigenvalue weighted by molar-refractivity contribution is -0.137. The Bertz CT molecular complexity index is 773. The number of halogens is 3. The number of anilines is 1. The predicted octanol–water partition coefficient (Wildman–Crippen LogP) is 4.67. The smallest absolute Gasteiger partial charge is 0.326 e. The first-order valence-corrected chi connectivity index (χ1v) is 8.75. The van der Waals surface area contributed by atoms with Gasteiger partial charge in [-0.1, -0.05) is 25.6 Å². The quantitative estimate of drug-likeness (QED) is 0.583. The van der Waals surface area contributed by atoms with Gasteiger partial charge >= 0.3 is 6.18 Å².